The smallest absolute Gasteiger partial charge is 0.303 e. The molecule has 1 aromatic carbocycles. The Bertz CT molecular complexity index is 616. The molecule has 0 bridgehead atoms. The van der Waals surface area contributed by atoms with E-state index in [1.165, 1.54) is 0 Å². The van der Waals surface area contributed by atoms with E-state index in [0.717, 1.165) is 27.5 Å². The van der Waals surface area contributed by atoms with Gasteiger partial charge >= 0.3 is 5.97 Å². The van der Waals surface area contributed by atoms with Crippen molar-refractivity contribution in [3.63, 3.8) is 0 Å². The Hall–Kier alpha value is -1.62. The van der Waals surface area contributed by atoms with Crippen molar-refractivity contribution < 1.29 is 9.90 Å². The molecule has 0 amide bonds. The number of benzene rings is 1. The summed E-state index contributed by atoms with van der Waals surface area (Å²) in [6.07, 6.45) is 2.76. The Morgan fingerprint density at radius 1 is 1.40 bits per heavy atom. The van der Waals surface area contributed by atoms with Crippen LogP contribution in [0.1, 0.15) is 19.8 Å². The predicted octanol–water partition coefficient (Wildman–Crippen LogP) is 3.91. The van der Waals surface area contributed by atoms with Gasteiger partial charge in [0, 0.05) is 34.4 Å². The number of nitrogens with zero attached hydrogens (tertiary/aromatic N) is 1. The van der Waals surface area contributed by atoms with Crippen LogP contribution in [0.5, 0.6) is 0 Å². The first-order chi connectivity index (χ1) is 9.61. The number of rotatable bonds is 6. The van der Waals surface area contributed by atoms with Gasteiger partial charge in [0.15, 0.2) is 0 Å². The fraction of sp³-hybridized carbons (Fsp3) is 0.333. The molecule has 1 unspecified atom stereocenters. The van der Waals surface area contributed by atoms with Crippen molar-refractivity contribution in [2.24, 2.45) is 5.92 Å². The topological polar surface area (TPSA) is 62.2 Å². The average molecular weight is 337 g/mol. The molecule has 0 aliphatic carbocycles. The van der Waals surface area contributed by atoms with Crippen LogP contribution in [0.25, 0.3) is 10.8 Å². The van der Waals surface area contributed by atoms with Gasteiger partial charge in [-0.3, -0.25) is 4.79 Å². The highest BCUT2D eigenvalue weighted by Crippen LogP contribution is 2.27. The predicted molar refractivity (Wildman–Crippen MR) is 84.0 cm³/mol. The molecule has 1 aromatic heterocycles. The fourth-order valence-corrected chi connectivity index (χ4v) is 2.66. The summed E-state index contributed by atoms with van der Waals surface area (Å²) in [5.41, 5.74) is 0. The number of halogens is 1. The summed E-state index contributed by atoms with van der Waals surface area (Å²) in [6.45, 7) is 2.61. The van der Waals surface area contributed by atoms with E-state index in [-0.39, 0.29) is 12.3 Å². The maximum Gasteiger partial charge on any atom is 0.303 e. The van der Waals surface area contributed by atoms with Crippen LogP contribution in [0.3, 0.4) is 0 Å². The van der Waals surface area contributed by atoms with Gasteiger partial charge in [-0.15, -0.1) is 0 Å². The second kappa shape index (κ2) is 6.70. The maximum atomic E-state index is 10.8. The highest BCUT2D eigenvalue weighted by atomic mass is 79.9. The molecular weight excluding hydrogens is 320 g/mol. The van der Waals surface area contributed by atoms with Gasteiger partial charge in [-0.2, -0.15) is 0 Å². The third kappa shape index (κ3) is 3.48. The number of hydrogen-bond acceptors (Lipinski definition) is 3. The minimum atomic E-state index is -0.757. The number of hydrogen-bond donors (Lipinski definition) is 2. The van der Waals surface area contributed by atoms with E-state index in [4.69, 9.17) is 5.11 Å². The van der Waals surface area contributed by atoms with Crippen molar-refractivity contribution in [3.8, 4) is 0 Å². The third-order valence-electron chi connectivity index (χ3n) is 3.35. The van der Waals surface area contributed by atoms with E-state index in [2.05, 4.69) is 26.2 Å². The second-order valence-electron chi connectivity index (χ2n) is 4.75. The van der Waals surface area contributed by atoms with Crippen LogP contribution in [0.4, 0.5) is 5.82 Å². The van der Waals surface area contributed by atoms with E-state index < -0.39 is 5.97 Å². The van der Waals surface area contributed by atoms with Crippen LogP contribution in [0, 0.1) is 5.92 Å². The monoisotopic (exact) mass is 336 g/mol. The van der Waals surface area contributed by atoms with Gasteiger partial charge in [-0.25, -0.2) is 4.98 Å². The molecule has 0 aliphatic rings. The molecule has 106 valence electrons. The number of fused-ring (bicyclic) bond motifs is 1. The van der Waals surface area contributed by atoms with Gasteiger partial charge in [0.1, 0.15) is 5.82 Å². The van der Waals surface area contributed by atoms with Crippen LogP contribution in [-0.2, 0) is 4.79 Å². The first-order valence-corrected chi connectivity index (χ1v) is 7.40. The van der Waals surface area contributed by atoms with E-state index in [9.17, 15) is 4.79 Å². The number of carboxylic acids is 1. The van der Waals surface area contributed by atoms with Crippen LogP contribution in [0.2, 0.25) is 0 Å². The van der Waals surface area contributed by atoms with E-state index >= 15 is 0 Å². The minimum absolute atomic E-state index is 0.108. The zero-order valence-corrected chi connectivity index (χ0v) is 12.9. The zero-order chi connectivity index (χ0) is 14.5. The summed E-state index contributed by atoms with van der Waals surface area (Å²) >= 11 is 3.52. The first kappa shape index (κ1) is 14.8. The summed E-state index contributed by atoms with van der Waals surface area (Å²) in [5.74, 6) is 0.150. The van der Waals surface area contributed by atoms with E-state index in [0.29, 0.717) is 6.54 Å². The molecular formula is C15H17BrN2O2. The molecule has 4 nitrogen and oxygen atoms in total. The van der Waals surface area contributed by atoms with Crippen molar-refractivity contribution in [2.75, 3.05) is 11.9 Å². The molecule has 20 heavy (non-hydrogen) atoms. The quantitative estimate of drug-likeness (QED) is 0.839. The molecule has 1 heterocycles. The van der Waals surface area contributed by atoms with Crippen molar-refractivity contribution in [3.05, 3.63) is 34.9 Å². The standard InChI is InChI=1S/C15H17BrN2O2/c1-2-10(8-14(19)20)9-18-15-12-4-3-5-13(16)11(12)6-7-17-15/h3-7,10H,2,8-9H2,1H3,(H,17,18)(H,19,20). The molecule has 2 aromatic rings. The number of carboxylic acid groups (broad SMARTS) is 1. The molecule has 0 aliphatic heterocycles. The van der Waals surface area contributed by atoms with Crippen LogP contribution >= 0.6 is 15.9 Å². The first-order valence-electron chi connectivity index (χ1n) is 6.60. The molecule has 5 heteroatoms. The summed E-state index contributed by atoms with van der Waals surface area (Å²) < 4.78 is 1.03. The van der Waals surface area contributed by atoms with Crippen molar-refractivity contribution in [1.29, 1.82) is 0 Å². The SMILES string of the molecule is CCC(CNc1nccc2c(Br)cccc12)CC(=O)O. The fourth-order valence-electron chi connectivity index (χ4n) is 2.16. The lowest BCUT2D eigenvalue weighted by Gasteiger charge is -2.15. The van der Waals surface area contributed by atoms with Gasteiger partial charge in [-0.1, -0.05) is 41.4 Å². The normalized spacial score (nSPS) is 12.3. The number of aliphatic carboxylic acids is 1. The van der Waals surface area contributed by atoms with Crippen LogP contribution < -0.4 is 5.32 Å². The molecule has 0 spiro atoms. The number of anilines is 1. The lowest BCUT2D eigenvalue weighted by atomic mass is 10.0. The Morgan fingerprint density at radius 2 is 2.20 bits per heavy atom. The number of aromatic nitrogens is 1. The van der Waals surface area contributed by atoms with Gasteiger partial charge in [0.25, 0.3) is 0 Å². The van der Waals surface area contributed by atoms with Crippen molar-refractivity contribution in [2.45, 2.75) is 19.8 Å². The Labute approximate surface area is 126 Å². The molecule has 2 N–H and O–H groups in total. The number of pyridine rings is 1. The highest BCUT2D eigenvalue weighted by Gasteiger charge is 2.12. The second-order valence-corrected chi connectivity index (χ2v) is 5.60. The molecule has 0 fully saturated rings. The zero-order valence-electron chi connectivity index (χ0n) is 11.3. The summed E-state index contributed by atoms with van der Waals surface area (Å²) in [5, 5.41) is 14.3. The van der Waals surface area contributed by atoms with Crippen LogP contribution in [0.15, 0.2) is 34.9 Å². The summed E-state index contributed by atoms with van der Waals surface area (Å²) in [4.78, 5) is 15.1. The summed E-state index contributed by atoms with van der Waals surface area (Å²) in [7, 11) is 0. The largest absolute Gasteiger partial charge is 0.481 e. The highest BCUT2D eigenvalue weighted by molar-refractivity contribution is 9.10. The maximum absolute atomic E-state index is 10.8. The average Bonchev–Trinajstić information content (AvgIpc) is 2.43. The number of nitrogens with one attached hydrogen (secondary N) is 1. The molecule has 0 saturated carbocycles. The van der Waals surface area contributed by atoms with Crippen LogP contribution in [-0.4, -0.2) is 22.6 Å². The lowest BCUT2D eigenvalue weighted by molar-refractivity contribution is -0.138. The molecule has 0 radical (unpaired) electrons. The Morgan fingerprint density at radius 3 is 2.90 bits per heavy atom. The van der Waals surface area contributed by atoms with E-state index in [1.54, 1.807) is 6.20 Å². The van der Waals surface area contributed by atoms with Gasteiger partial charge in [0.05, 0.1) is 0 Å². The van der Waals surface area contributed by atoms with Gasteiger partial charge in [-0.05, 0) is 18.1 Å². The molecule has 0 saturated heterocycles. The minimum Gasteiger partial charge on any atom is -0.481 e. The number of carbonyl (C=O) groups is 1. The third-order valence-corrected chi connectivity index (χ3v) is 4.04. The van der Waals surface area contributed by atoms with Crippen molar-refractivity contribution >= 4 is 38.5 Å². The summed E-state index contributed by atoms with van der Waals surface area (Å²) in [6, 6.07) is 7.92. The lowest BCUT2D eigenvalue weighted by Crippen LogP contribution is -2.17. The molecule has 1 atom stereocenters. The van der Waals surface area contributed by atoms with Gasteiger partial charge < -0.3 is 10.4 Å². The van der Waals surface area contributed by atoms with Crippen molar-refractivity contribution in [1.82, 2.24) is 4.98 Å². The Kier molecular flexibility index (Phi) is 4.95. The van der Waals surface area contributed by atoms with Gasteiger partial charge in [0.2, 0.25) is 0 Å². The van der Waals surface area contributed by atoms with E-state index in [1.807, 2.05) is 31.2 Å². The molecule has 2 rings (SSSR count). The Balaban J connectivity index is 2.17.